The Hall–Kier alpha value is -0.340. The normalized spacial score (nSPS) is 16.2. The highest BCUT2D eigenvalue weighted by atomic mass is 15.5. The number of rotatable bonds is 17. The molecule has 23 heavy (non-hydrogen) atoms. The van der Waals surface area contributed by atoms with Crippen LogP contribution in [0.1, 0.15) is 103 Å². The van der Waals surface area contributed by atoms with Gasteiger partial charge in [0.1, 0.15) is 0 Å². The van der Waals surface area contributed by atoms with Gasteiger partial charge in [-0.25, -0.2) is 5.01 Å². The Morgan fingerprint density at radius 1 is 0.870 bits per heavy atom. The highest BCUT2D eigenvalue weighted by Gasteiger charge is 2.17. The van der Waals surface area contributed by atoms with Gasteiger partial charge in [0.2, 0.25) is 0 Å². The first-order valence-corrected chi connectivity index (χ1v) is 10.5. The molecule has 0 aromatic heterocycles. The minimum atomic E-state index is 0.727. The molecular formula is C21H42N2. The average molecular weight is 323 g/mol. The van der Waals surface area contributed by atoms with Crippen LogP contribution < -0.4 is 5.43 Å². The second-order valence-electron chi connectivity index (χ2n) is 7.36. The molecule has 0 aromatic carbocycles. The molecule has 136 valence electrons. The van der Waals surface area contributed by atoms with E-state index in [-0.39, 0.29) is 0 Å². The standard InChI is InChI=1S/C21H42N2/c1-3-5-7-9-11-13-15-18-21(22-23-19-16-20-23)17-14-12-10-8-6-4-2/h4,21-22H,2-3,5-20H2,1H3. The first kappa shape index (κ1) is 20.7. The van der Waals surface area contributed by atoms with Crippen molar-refractivity contribution >= 4 is 0 Å². The summed E-state index contributed by atoms with van der Waals surface area (Å²) in [7, 11) is 0. The summed E-state index contributed by atoms with van der Waals surface area (Å²) in [5.41, 5.74) is 3.78. The average Bonchev–Trinajstić information content (AvgIpc) is 2.52. The fourth-order valence-corrected chi connectivity index (χ4v) is 3.36. The van der Waals surface area contributed by atoms with Gasteiger partial charge < -0.3 is 0 Å². The first-order valence-electron chi connectivity index (χ1n) is 10.5. The van der Waals surface area contributed by atoms with Crippen LogP contribution in [-0.4, -0.2) is 24.1 Å². The quantitative estimate of drug-likeness (QED) is 0.252. The third-order valence-corrected chi connectivity index (χ3v) is 5.09. The number of hydrogen-bond acceptors (Lipinski definition) is 2. The van der Waals surface area contributed by atoms with Gasteiger partial charge in [-0.15, -0.1) is 6.58 Å². The van der Waals surface area contributed by atoms with Crippen molar-refractivity contribution < 1.29 is 0 Å². The van der Waals surface area contributed by atoms with Gasteiger partial charge in [-0.2, -0.15) is 0 Å². The van der Waals surface area contributed by atoms with Crippen LogP contribution in [0.4, 0.5) is 0 Å². The van der Waals surface area contributed by atoms with E-state index < -0.39 is 0 Å². The van der Waals surface area contributed by atoms with Crippen LogP contribution >= 0.6 is 0 Å². The van der Waals surface area contributed by atoms with Crippen molar-refractivity contribution in [3.63, 3.8) is 0 Å². The van der Waals surface area contributed by atoms with Crippen LogP contribution in [0.25, 0.3) is 0 Å². The first-order chi connectivity index (χ1) is 11.4. The SMILES string of the molecule is C=CCCCCCCC(CCCCCCCCC)NN1CCC1. The van der Waals surface area contributed by atoms with Crippen molar-refractivity contribution in [2.24, 2.45) is 0 Å². The van der Waals surface area contributed by atoms with Crippen LogP contribution in [0.5, 0.6) is 0 Å². The van der Waals surface area contributed by atoms with E-state index in [1.54, 1.807) is 0 Å². The summed E-state index contributed by atoms with van der Waals surface area (Å²) in [6.07, 6.45) is 22.8. The molecule has 1 aliphatic heterocycles. The molecule has 1 unspecified atom stereocenters. The lowest BCUT2D eigenvalue weighted by Gasteiger charge is -2.35. The molecule has 0 spiro atoms. The smallest absolute Gasteiger partial charge is 0.0215 e. The topological polar surface area (TPSA) is 15.3 Å². The second-order valence-corrected chi connectivity index (χ2v) is 7.36. The predicted octanol–water partition coefficient (Wildman–Crippen LogP) is 6.23. The largest absolute Gasteiger partial charge is 0.252 e. The van der Waals surface area contributed by atoms with Crippen LogP contribution in [0, 0.1) is 0 Å². The lowest BCUT2D eigenvalue weighted by atomic mass is 10.0. The summed E-state index contributed by atoms with van der Waals surface area (Å²) < 4.78 is 0. The van der Waals surface area contributed by atoms with E-state index in [4.69, 9.17) is 0 Å². The highest BCUT2D eigenvalue weighted by Crippen LogP contribution is 2.16. The molecule has 1 fully saturated rings. The summed E-state index contributed by atoms with van der Waals surface area (Å²) in [4.78, 5) is 0. The van der Waals surface area contributed by atoms with Crippen molar-refractivity contribution in [2.45, 2.75) is 109 Å². The maximum absolute atomic E-state index is 3.80. The van der Waals surface area contributed by atoms with Crippen molar-refractivity contribution in [1.82, 2.24) is 10.4 Å². The predicted molar refractivity (Wildman–Crippen MR) is 104 cm³/mol. The Morgan fingerprint density at radius 2 is 1.43 bits per heavy atom. The molecule has 1 N–H and O–H groups in total. The van der Waals surface area contributed by atoms with Gasteiger partial charge in [0, 0.05) is 19.1 Å². The Morgan fingerprint density at radius 3 is 1.96 bits per heavy atom. The Kier molecular flexibility index (Phi) is 13.7. The van der Waals surface area contributed by atoms with Gasteiger partial charge in [-0.1, -0.05) is 77.2 Å². The number of allylic oxidation sites excluding steroid dienone is 1. The molecule has 2 heteroatoms. The number of unbranched alkanes of at least 4 members (excludes halogenated alkanes) is 10. The van der Waals surface area contributed by atoms with Crippen LogP contribution in [-0.2, 0) is 0 Å². The van der Waals surface area contributed by atoms with E-state index in [1.165, 1.54) is 109 Å². The maximum atomic E-state index is 3.80. The molecule has 0 aliphatic carbocycles. The van der Waals surface area contributed by atoms with Crippen molar-refractivity contribution in [3.8, 4) is 0 Å². The molecule has 1 aliphatic rings. The number of hydrogen-bond donors (Lipinski definition) is 1. The zero-order valence-corrected chi connectivity index (χ0v) is 15.8. The Balaban J connectivity index is 2.04. The minimum absolute atomic E-state index is 0.727. The van der Waals surface area contributed by atoms with Gasteiger partial charge in [0.25, 0.3) is 0 Å². The molecule has 0 saturated carbocycles. The highest BCUT2D eigenvalue weighted by molar-refractivity contribution is 4.72. The molecule has 0 amide bonds. The van der Waals surface area contributed by atoms with E-state index in [0.717, 1.165) is 6.04 Å². The lowest BCUT2D eigenvalue weighted by Crippen LogP contribution is -2.51. The third kappa shape index (κ3) is 11.8. The molecule has 1 atom stereocenters. The lowest BCUT2D eigenvalue weighted by molar-refractivity contribution is 0.0791. The van der Waals surface area contributed by atoms with Gasteiger partial charge in [-0.3, -0.25) is 5.43 Å². The third-order valence-electron chi connectivity index (χ3n) is 5.09. The molecule has 1 heterocycles. The monoisotopic (exact) mass is 322 g/mol. The summed E-state index contributed by atoms with van der Waals surface area (Å²) in [5.74, 6) is 0. The minimum Gasteiger partial charge on any atom is -0.252 e. The molecule has 0 bridgehead atoms. The summed E-state index contributed by atoms with van der Waals surface area (Å²) in [5, 5.41) is 2.43. The zero-order valence-electron chi connectivity index (χ0n) is 15.8. The molecule has 2 nitrogen and oxygen atoms in total. The zero-order chi connectivity index (χ0) is 16.6. The number of nitrogens with one attached hydrogen (secondary N) is 1. The summed E-state index contributed by atoms with van der Waals surface area (Å²) in [6, 6.07) is 0.727. The van der Waals surface area contributed by atoms with Gasteiger partial charge in [0.15, 0.2) is 0 Å². The Labute approximate surface area is 146 Å². The van der Waals surface area contributed by atoms with E-state index in [9.17, 15) is 0 Å². The van der Waals surface area contributed by atoms with Crippen LogP contribution in [0.2, 0.25) is 0 Å². The fraction of sp³-hybridized carbons (Fsp3) is 0.905. The molecule has 1 rings (SSSR count). The Bertz CT molecular complexity index is 261. The fourth-order valence-electron chi connectivity index (χ4n) is 3.36. The van der Waals surface area contributed by atoms with Gasteiger partial charge >= 0.3 is 0 Å². The van der Waals surface area contributed by atoms with Crippen molar-refractivity contribution in [2.75, 3.05) is 13.1 Å². The maximum Gasteiger partial charge on any atom is 0.0215 e. The van der Waals surface area contributed by atoms with Crippen molar-refractivity contribution in [1.29, 1.82) is 0 Å². The number of hydrazine groups is 1. The summed E-state index contributed by atoms with van der Waals surface area (Å²) in [6.45, 7) is 8.61. The van der Waals surface area contributed by atoms with E-state index in [0.29, 0.717) is 0 Å². The molecule has 0 radical (unpaired) electrons. The van der Waals surface area contributed by atoms with Crippen LogP contribution in [0.15, 0.2) is 12.7 Å². The number of nitrogens with zero attached hydrogens (tertiary/aromatic N) is 1. The van der Waals surface area contributed by atoms with Gasteiger partial charge in [0.05, 0.1) is 0 Å². The summed E-state index contributed by atoms with van der Waals surface area (Å²) >= 11 is 0. The molecular weight excluding hydrogens is 280 g/mol. The van der Waals surface area contributed by atoms with E-state index in [1.807, 2.05) is 0 Å². The second kappa shape index (κ2) is 15.2. The van der Waals surface area contributed by atoms with E-state index in [2.05, 4.69) is 30.0 Å². The van der Waals surface area contributed by atoms with Crippen LogP contribution in [0.3, 0.4) is 0 Å². The van der Waals surface area contributed by atoms with Crippen molar-refractivity contribution in [3.05, 3.63) is 12.7 Å². The van der Waals surface area contributed by atoms with E-state index >= 15 is 0 Å². The van der Waals surface area contributed by atoms with Gasteiger partial charge in [-0.05, 0) is 32.1 Å². The molecule has 0 aromatic rings. The molecule has 1 saturated heterocycles.